The molecule has 0 saturated carbocycles. The molecule has 1 unspecified atom stereocenters. The molecule has 0 spiro atoms. The summed E-state index contributed by atoms with van der Waals surface area (Å²) in [7, 11) is 2.14. The number of likely N-dealkylation sites (tertiary alicyclic amines) is 1. The van der Waals surface area contributed by atoms with Gasteiger partial charge in [-0.3, -0.25) is 4.79 Å². The van der Waals surface area contributed by atoms with Crippen LogP contribution < -0.4 is 10.9 Å². The first kappa shape index (κ1) is 12.1. The zero-order chi connectivity index (χ0) is 12.3. The molecule has 0 radical (unpaired) electrons. The van der Waals surface area contributed by atoms with E-state index < -0.39 is 0 Å². The molecule has 1 aromatic rings. The molecular formula is C12H20N4O. The van der Waals surface area contributed by atoms with E-state index in [0.717, 1.165) is 31.9 Å². The van der Waals surface area contributed by atoms with Crippen molar-refractivity contribution >= 4 is 5.82 Å². The maximum absolute atomic E-state index is 11.4. The Morgan fingerprint density at radius 3 is 3.12 bits per heavy atom. The number of H-pyrrole nitrogens is 1. The van der Waals surface area contributed by atoms with Gasteiger partial charge in [0, 0.05) is 25.6 Å². The summed E-state index contributed by atoms with van der Waals surface area (Å²) in [5, 5.41) is 3.26. The highest BCUT2D eigenvalue weighted by Gasteiger charge is 2.18. The van der Waals surface area contributed by atoms with E-state index in [-0.39, 0.29) is 5.56 Å². The predicted octanol–water partition coefficient (Wildman–Crippen LogP) is 0.696. The molecule has 2 rings (SSSR count). The van der Waals surface area contributed by atoms with Gasteiger partial charge < -0.3 is 15.2 Å². The lowest BCUT2D eigenvalue weighted by Crippen LogP contribution is -2.21. The number of nitrogens with zero attached hydrogens (tertiary/aromatic N) is 2. The van der Waals surface area contributed by atoms with Crippen LogP contribution in [0.15, 0.2) is 10.9 Å². The van der Waals surface area contributed by atoms with E-state index in [1.807, 2.05) is 6.92 Å². The maximum Gasteiger partial charge on any atom is 0.252 e. The number of anilines is 1. The zero-order valence-electron chi connectivity index (χ0n) is 10.5. The van der Waals surface area contributed by atoms with Crippen LogP contribution in [0.3, 0.4) is 0 Å². The maximum atomic E-state index is 11.4. The van der Waals surface area contributed by atoms with Crippen molar-refractivity contribution in [3.63, 3.8) is 0 Å². The third-order valence-electron chi connectivity index (χ3n) is 3.19. The molecule has 0 aromatic carbocycles. The van der Waals surface area contributed by atoms with Gasteiger partial charge in [0.25, 0.3) is 5.56 Å². The van der Waals surface area contributed by atoms with Gasteiger partial charge in [-0.2, -0.15) is 0 Å². The Morgan fingerprint density at radius 1 is 1.65 bits per heavy atom. The number of aromatic nitrogens is 2. The number of rotatable bonds is 4. The first-order chi connectivity index (χ1) is 8.17. The third kappa shape index (κ3) is 3.30. The summed E-state index contributed by atoms with van der Waals surface area (Å²) >= 11 is 0. The monoisotopic (exact) mass is 236 g/mol. The van der Waals surface area contributed by atoms with E-state index in [2.05, 4.69) is 27.2 Å². The van der Waals surface area contributed by atoms with Crippen LogP contribution in [0.25, 0.3) is 0 Å². The van der Waals surface area contributed by atoms with Crippen molar-refractivity contribution < 1.29 is 0 Å². The van der Waals surface area contributed by atoms with Gasteiger partial charge in [0.1, 0.15) is 11.6 Å². The van der Waals surface area contributed by atoms with Crippen LogP contribution in [0.1, 0.15) is 19.2 Å². The highest BCUT2D eigenvalue weighted by Crippen LogP contribution is 2.14. The summed E-state index contributed by atoms with van der Waals surface area (Å²) in [6.45, 7) is 5.16. The second-order valence-electron chi connectivity index (χ2n) is 4.73. The van der Waals surface area contributed by atoms with Gasteiger partial charge in [-0.25, -0.2) is 4.98 Å². The van der Waals surface area contributed by atoms with Gasteiger partial charge in [-0.05, 0) is 25.9 Å². The fraction of sp³-hybridized carbons (Fsp3) is 0.667. The van der Waals surface area contributed by atoms with Gasteiger partial charge in [-0.15, -0.1) is 0 Å². The van der Waals surface area contributed by atoms with Crippen molar-refractivity contribution in [1.29, 1.82) is 0 Å². The number of nitrogens with one attached hydrogen (secondary N) is 2. The molecular weight excluding hydrogens is 216 g/mol. The van der Waals surface area contributed by atoms with Crippen LogP contribution in [0, 0.1) is 5.92 Å². The molecule has 94 valence electrons. The molecule has 17 heavy (non-hydrogen) atoms. The van der Waals surface area contributed by atoms with Crippen LogP contribution in [-0.4, -0.2) is 41.5 Å². The van der Waals surface area contributed by atoms with Gasteiger partial charge in [0.2, 0.25) is 0 Å². The van der Waals surface area contributed by atoms with Crippen LogP contribution in [0.4, 0.5) is 5.82 Å². The molecule has 1 saturated heterocycles. The molecule has 0 bridgehead atoms. The smallest absolute Gasteiger partial charge is 0.252 e. The highest BCUT2D eigenvalue weighted by atomic mass is 16.1. The summed E-state index contributed by atoms with van der Waals surface area (Å²) < 4.78 is 0. The average Bonchev–Trinajstić information content (AvgIpc) is 2.72. The molecule has 2 N–H and O–H groups in total. The van der Waals surface area contributed by atoms with Gasteiger partial charge >= 0.3 is 0 Å². The lowest BCUT2D eigenvalue weighted by molar-refractivity contribution is 0.399. The van der Waals surface area contributed by atoms with E-state index in [1.54, 1.807) is 0 Å². The van der Waals surface area contributed by atoms with Crippen molar-refractivity contribution in [3.8, 4) is 0 Å². The van der Waals surface area contributed by atoms with Crippen molar-refractivity contribution in [1.82, 2.24) is 14.9 Å². The average molecular weight is 236 g/mol. The van der Waals surface area contributed by atoms with Crippen LogP contribution in [0.2, 0.25) is 0 Å². The third-order valence-corrected chi connectivity index (χ3v) is 3.19. The minimum atomic E-state index is -0.0807. The largest absolute Gasteiger partial charge is 0.370 e. The Balaban J connectivity index is 1.94. The fourth-order valence-corrected chi connectivity index (χ4v) is 2.21. The van der Waals surface area contributed by atoms with E-state index in [4.69, 9.17) is 0 Å². The fourth-order valence-electron chi connectivity index (χ4n) is 2.21. The summed E-state index contributed by atoms with van der Waals surface area (Å²) in [4.78, 5) is 20.8. The SMILES string of the molecule is CCc1nc(NCC2CCN(C)C2)cc(=O)[nH]1. The molecule has 5 nitrogen and oxygen atoms in total. The van der Waals surface area contributed by atoms with E-state index in [1.165, 1.54) is 12.5 Å². The van der Waals surface area contributed by atoms with E-state index in [9.17, 15) is 4.79 Å². The first-order valence-electron chi connectivity index (χ1n) is 6.20. The summed E-state index contributed by atoms with van der Waals surface area (Å²) in [5.41, 5.74) is -0.0807. The minimum absolute atomic E-state index is 0.0807. The number of aryl methyl sites for hydroxylation is 1. The topological polar surface area (TPSA) is 61.0 Å². The van der Waals surface area contributed by atoms with Gasteiger partial charge in [0.15, 0.2) is 0 Å². The van der Waals surface area contributed by atoms with E-state index in [0.29, 0.717) is 11.7 Å². The Labute approximate surface area is 101 Å². The quantitative estimate of drug-likeness (QED) is 0.807. The molecule has 5 heteroatoms. The van der Waals surface area contributed by atoms with Crippen LogP contribution >= 0.6 is 0 Å². The second kappa shape index (κ2) is 5.31. The molecule has 1 fully saturated rings. The standard InChI is InChI=1S/C12H20N4O/c1-3-10-14-11(6-12(17)15-10)13-7-9-4-5-16(2)8-9/h6,9H,3-5,7-8H2,1-2H3,(H2,13,14,15,17). The summed E-state index contributed by atoms with van der Waals surface area (Å²) in [5.74, 6) is 2.09. The summed E-state index contributed by atoms with van der Waals surface area (Å²) in [6, 6.07) is 1.53. The molecule has 1 aromatic heterocycles. The van der Waals surface area contributed by atoms with E-state index >= 15 is 0 Å². The lowest BCUT2D eigenvalue weighted by Gasteiger charge is -2.12. The van der Waals surface area contributed by atoms with Crippen molar-refractivity contribution in [2.24, 2.45) is 5.92 Å². The molecule has 1 aliphatic heterocycles. The Kier molecular flexibility index (Phi) is 3.78. The number of hydrogen-bond acceptors (Lipinski definition) is 4. The van der Waals surface area contributed by atoms with Crippen molar-refractivity contribution in [2.45, 2.75) is 19.8 Å². The minimum Gasteiger partial charge on any atom is -0.370 e. The molecule has 2 heterocycles. The molecule has 0 amide bonds. The molecule has 0 aliphatic carbocycles. The lowest BCUT2D eigenvalue weighted by atomic mass is 10.1. The first-order valence-corrected chi connectivity index (χ1v) is 6.20. The normalized spacial score (nSPS) is 20.7. The van der Waals surface area contributed by atoms with Gasteiger partial charge in [-0.1, -0.05) is 6.92 Å². The van der Waals surface area contributed by atoms with Crippen LogP contribution in [0.5, 0.6) is 0 Å². The van der Waals surface area contributed by atoms with Gasteiger partial charge in [0.05, 0.1) is 0 Å². The highest BCUT2D eigenvalue weighted by molar-refractivity contribution is 5.33. The predicted molar refractivity (Wildman–Crippen MR) is 68.3 cm³/mol. The van der Waals surface area contributed by atoms with Crippen LogP contribution in [-0.2, 0) is 6.42 Å². The Bertz CT molecular complexity index is 429. The number of hydrogen-bond donors (Lipinski definition) is 2. The Hall–Kier alpha value is -1.36. The molecule has 1 aliphatic rings. The number of aromatic amines is 1. The van der Waals surface area contributed by atoms with Crippen molar-refractivity contribution in [3.05, 3.63) is 22.2 Å². The summed E-state index contributed by atoms with van der Waals surface area (Å²) in [6.07, 6.45) is 1.96. The molecule has 1 atom stereocenters. The Morgan fingerprint density at radius 2 is 2.47 bits per heavy atom. The second-order valence-corrected chi connectivity index (χ2v) is 4.73. The van der Waals surface area contributed by atoms with Crippen molar-refractivity contribution in [2.75, 3.05) is 32.0 Å². The zero-order valence-corrected chi connectivity index (χ0v) is 10.5.